The number of aliphatic hydroxyl groups is 2. The molecule has 2 N–H and O–H groups in total. The summed E-state index contributed by atoms with van der Waals surface area (Å²) in [6.45, 7) is 6.93. The van der Waals surface area contributed by atoms with E-state index in [0.717, 1.165) is 19.3 Å². The van der Waals surface area contributed by atoms with Gasteiger partial charge >= 0.3 is 0 Å². The van der Waals surface area contributed by atoms with Crippen LogP contribution < -0.4 is 0 Å². The van der Waals surface area contributed by atoms with E-state index >= 15 is 0 Å². The molecule has 0 aromatic rings. The van der Waals surface area contributed by atoms with Gasteiger partial charge in [-0.2, -0.15) is 0 Å². The number of allylic oxidation sites excluding steroid dienone is 3. The third kappa shape index (κ3) is 6.09. The summed E-state index contributed by atoms with van der Waals surface area (Å²) in [6.07, 6.45) is 10.2. The van der Waals surface area contributed by atoms with Crippen LogP contribution >= 0.6 is 0 Å². The van der Waals surface area contributed by atoms with Crippen molar-refractivity contribution in [1.29, 1.82) is 0 Å². The van der Waals surface area contributed by atoms with Crippen molar-refractivity contribution < 1.29 is 29.3 Å². The Bertz CT molecular complexity index is 809. The number of ketones is 3. The second kappa shape index (κ2) is 10.7. The second-order valence-corrected chi connectivity index (χ2v) is 10.7. The van der Waals surface area contributed by atoms with E-state index in [1.807, 2.05) is 0 Å². The molecule has 6 nitrogen and oxygen atoms in total. The zero-order valence-corrected chi connectivity index (χ0v) is 20.5. The summed E-state index contributed by atoms with van der Waals surface area (Å²) in [6, 6.07) is 0. The fourth-order valence-corrected chi connectivity index (χ4v) is 5.96. The maximum absolute atomic E-state index is 12.6. The molecule has 0 aromatic heterocycles. The smallest absolute Gasteiger partial charge is 0.197 e. The highest BCUT2D eigenvalue weighted by molar-refractivity contribution is 6.10. The SMILES string of the molecule is CCC(=O)C(C)(O)C(=O)COC1CC(C)C=C2C=CC(C)C(CCC3CC(=O)CC(O)C3)C21. The highest BCUT2D eigenvalue weighted by atomic mass is 16.5. The lowest BCUT2D eigenvalue weighted by Gasteiger charge is -2.44. The van der Waals surface area contributed by atoms with Gasteiger partial charge in [-0.25, -0.2) is 0 Å². The van der Waals surface area contributed by atoms with Gasteiger partial charge < -0.3 is 14.9 Å². The van der Waals surface area contributed by atoms with Crippen LogP contribution in [-0.2, 0) is 19.1 Å². The Balaban J connectivity index is 1.71. The molecule has 3 aliphatic carbocycles. The molecule has 3 aliphatic rings. The molecular formula is C27H40O6. The number of fused-ring (bicyclic) bond motifs is 1. The Morgan fingerprint density at radius 3 is 2.55 bits per heavy atom. The minimum atomic E-state index is -2.01. The molecule has 3 rings (SSSR count). The largest absolute Gasteiger partial charge is 0.393 e. The Kier molecular flexibility index (Phi) is 8.46. The van der Waals surface area contributed by atoms with E-state index in [9.17, 15) is 24.6 Å². The molecular weight excluding hydrogens is 420 g/mol. The van der Waals surface area contributed by atoms with Crippen LogP contribution in [0.4, 0.5) is 0 Å². The van der Waals surface area contributed by atoms with Crippen LogP contribution in [0.3, 0.4) is 0 Å². The van der Waals surface area contributed by atoms with Crippen LogP contribution in [0.25, 0.3) is 0 Å². The molecule has 0 aliphatic heterocycles. The summed E-state index contributed by atoms with van der Waals surface area (Å²) >= 11 is 0. The minimum absolute atomic E-state index is 0.0947. The van der Waals surface area contributed by atoms with E-state index in [1.54, 1.807) is 6.92 Å². The molecule has 8 atom stereocenters. The molecule has 0 amide bonds. The lowest BCUT2D eigenvalue weighted by atomic mass is 9.64. The van der Waals surface area contributed by atoms with Crippen LogP contribution in [0.2, 0.25) is 0 Å². The van der Waals surface area contributed by atoms with Gasteiger partial charge in [-0.3, -0.25) is 14.4 Å². The van der Waals surface area contributed by atoms with Gasteiger partial charge in [-0.1, -0.05) is 39.0 Å². The lowest BCUT2D eigenvalue weighted by molar-refractivity contribution is -0.154. The van der Waals surface area contributed by atoms with Crippen molar-refractivity contribution in [2.45, 2.75) is 90.4 Å². The molecule has 1 saturated carbocycles. The number of rotatable bonds is 9. The van der Waals surface area contributed by atoms with Gasteiger partial charge in [0.05, 0.1) is 12.2 Å². The minimum Gasteiger partial charge on any atom is -0.393 e. The van der Waals surface area contributed by atoms with Crippen LogP contribution in [0, 0.1) is 29.6 Å². The van der Waals surface area contributed by atoms with Gasteiger partial charge in [-0.05, 0) is 61.9 Å². The van der Waals surface area contributed by atoms with Gasteiger partial charge in [0, 0.05) is 25.2 Å². The van der Waals surface area contributed by atoms with Crippen molar-refractivity contribution in [3.63, 3.8) is 0 Å². The molecule has 0 radical (unpaired) electrons. The first-order valence-electron chi connectivity index (χ1n) is 12.5. The summed E-state index contributed by atoms with van der Waals surface area (Å²) in [5, 5.41) is 20.4. The van der Waals surface area contributed by atoms with Crippen molar-refractivity contribution in [1.82, 2.24) is 0 Å². The topological polar surface area (TPSA) is 101 Å². The van der Waals surface area contributed by atoms with Gasteiger partial charge in [-0.15, -0.1) is 0 Å². The average molecular weight is 461 g/mol. The van der Waals surface area contributed by atoms with Crippen LogP contribution in [0.1, 0.15) is 72.6 Å². The third-order valence-electron chi connectivity index (χ3n) is 7.92. The Morgan fingerprint density at radius 1 is 1.15 bits per heavy atom. The number of ether oxygens (including phenoxy) is 1. The summed E-state index contributed by atoms with van der Waals surface area (Å²) in [7, 11) is 0. The van der Waals surface area contributed by atoms with E-state index in [1.165, 1.54) is 12.5 Å². The Labute approximate surface area is 197 Å². The van der Waals surface area contributed by atoms with Gasteiger partial charge in [0.25, 0.3) is 0 Å². The predicted molar refractivity (Wildman–Crippen MR) is 125 cm³/mol. The molecule has 0 saturated heterocycles. The van der Waals surface area contributed by atoms with Gasteiger partial charge in [0.15, 0.2) is 17.2 Å². The highest BCUT2D eigenvalue weighted by Gasteiger charge is 2.42. The molecule has 0 aromatic carbocycles. The van der Waals surface area contributed by atoms with E-state index in [-0.39, 0.29) is 43.2 Å². The first kappa shape index (κ1) is 26.0. The van der Waals surface area contributed by atoms with E-state index in [4.69, 9.17) is 4.74 Å². The average Bonchev–Trinajstić information content (AvgIpc) is 2.75. The van der Waals surface area contributed by atoms with Gasteiger partial charge in [0.2, 0.25) is 0 Å². The van der Waals surface area contributed by atoms with Crippen molar-refractivity contribution in [3.8, 4) is 0 Å². The second-order valence-electron chi connectivity index (χ2n) is 10.7. The van der Waals surface area contributed by atoms with Crippen LogP contribution in [-0.4, -0.2) is 52.0 Å². The summed E-state index contributed by atoms with van der Waals surface area (Å²) < 4.78 is 6.14. The summed E-state index contributed by atoms with van der Waals surface area (Å²) in [4.78, 5) is 36.5. The van der Waals surface area contributed by atoms with Gasteiger partial charge in [0.1, 0.15) is 12.4 Å². The number of aliphatic hydroxyl groups excluding tert-OH is 1. The molecule has 6 heteroatoms. The molecule has 0 spiro atoms. The van der Waals surface area contributed by atoms with Crippen molar-refractivity contribution in [2.75, 3.05) is 6.61 Å². The zero-order chi connectivity index (χ0) is 24.3. The maximum atomic E-state index is 12.6. The Morgan fingerprint density at radius 2 is 1.88 bits per heavy atom. The maximum Gasteiger partial charge on any atom is 0.197 e. The Hall–Kier alpha value is -1.63. The number of hydrogen-bond donors (Lipinski definition) is 2. The number of carbonyl (C=O) groups excluding carboxylic acids is 3. The predicted octanol–water partition coefficient (Wildman–Crippen LogP) is 3.59. The quantitative estimate of drug-likeness (QED) is 0.510. The molecule has 0 bridgehead atoms. The summed E-state index contributed by atoms with van der Waals surface area (Å²) in [5.74, 6) is 0.344. The standard InChI is InChI=1S/C27H40O6/c1-5-24(30)27(4,32)25(31)15-33-23-11-16(2)10-19-8-6-17(3)22(26(19)23)9-7-18-12-20(28)14-21(29)13-18/h6,8,10,16-18,20,22-23,26,28,32H,5,7,9,11-15H2,1-4H3. The molecule has 0 heterocycles. The third-order valence-corrected chi connectivity index (χ3v) is 7.92. The van der Waals surface area contributed by atoms with Crippen LogP contribution in [0.5, 0.6) is 0 Å². The fourth-order valence-electron chi connectivity index (χ4n) is 5.96. The fraction of sp³-hybridized carbons (Fsp3) is 0.741. The number of carbonyl (C=O) groups is 3. The van der Waals surface area contributed by atoms with E-state index in [2.05, 4.69) is 32.1 Å². The van der Waals surface area contributed by atoms with Crippen LogP contribution in [0.15, 0.2) is 23.8 Å². The number of Topliss-reactive ketones (excluding diaryl/α,β-unsaturated/α-hetero) is 3. The first-order valence-corrected chi connectivity index (χ1v) is 12.5. The first-order chi connectivity index (χ1) is 15.5. The molecule has 33 heavy (non-hydrogen) atoms. The molecule has 1 fully saturated rings. The highest BCUT2D eigenvalue weighted by Crippen LogP contribution is 2.45. The van der Waals surface area contributed by atoms with E-state index < -0.39 is 23.3 Å². The van der Waals surface area contributed by atoms with E-state index in [0.29, 0.717) is 30.6 Å². The normalized spacial score (nSPS) is 36.0. The van der Waals surface area contributed by atoms with Crippen molar-refractivity contribution in [3.05, 3.63) is 23.8 Å². The number of hydrogen-bond acceptors (Lipinski definition) is 6. The molecule has 184 valence electrons. The monoisotopic (exact) mass is 460 g/mol. The van der Waals surface area contributed by atoms with Crippen molar-refractivity contribution in [2.24, 2.45) is 29.6 Å². The van der Waals surface area contributed by atoms with Crippen molar-refractivity contribution >= 4 is 17.3 Å². The summed E-state index contributed by atoms with van der Waals surface area (Å²) in [5.41, 5.74) is -0.785. The molecule has 8 unspecified atom stereocenters. The zero-order valence-electron chi connectivity index (χ0n) is 20.5. The lowest BCUT2D eigenvalue weighted by Crippen LogP contribution is -2.47.